The van der Waals surface area contributed by atoms with Crippen LogP contribution >= 0.6 is 27.5 Å². The molecule has 0 aliphatic carbocycles. The molecule has 0 atom stereocenters. The zero-order valence-electron chi connectivity index (χ0n) is 10.0. The highest BCUT2D eigenvalue weighted by atomic mass is 79.9. The summed E-state index contributed by atoms with van der Waals surface area (Å²) in [6, 6.07) is 4.35. The largest absolute Gasteiger partial charge is 0.352 e. The van der Waals surface area contributed by atoms with Gasteiger partial charge in [-0.25, -0.2) is 4.39 Å². The average Bonchev–Trinajstić information content (AvgIpc) is 2.36. The third kappa shape index (κ3) is 5.36. The maximum absolute atomic E-state index is 13.2. The first kappa shape index (κ1) is 15.4. The molecule has 2 nitrogen and oxygen atoms in total. The number of alkyl halides is 1. The van der Waals surface area contributed by atoms with E-state index >= 15 is 0 Å². The van der Waals surface area contributed by atoms with Crippen LogP contribution in [0.2, 0.25) is 0 Å². The maximum Gasteiger partial charge on any atom is 0.251 e. The summed E-state index contributed by atoms with van der Waals surface area (Å²) >= 11 is 8.61. The van der Waals surface area contributed by atoms with Crippen LogP contribution in [0.4, 0.5) is 4.39 Å². The van der Waals surface area contributed by atoms with E-state index in [4.69, 9.17) is 11.6 Å². The number of carbonyl (C=O) groups is 1. The SMILES string of the molecule is O=C(NCCCCCCCl)c1ccc(Br)c(F)c1. The van der Waals surface area contributed by atoms with Crippen LogP contribution in [-0.4, -0.2) is 18.3 Å². The van der Waals surface area contributed by atoms with E-state index in [1.807, 2.05) is 0 Å². The van der Waals surface area contributed by atoms with Crippen LogP contribution in [0.5, 0.6) is 0 Å². The second-order valence-corrected chi connectivity index (χ2v) is 5.22. The maximum atomic E-state index is 13.2. The Labute approximate surface area is 120 Å². The van der Waals surface area contributed by atoms with Crippen molar-refractivity contribution in [2.24, 2.45) is 0 Å². The Balaban J connectivity index is 2.30. The van der Waals surface area contributed by atoms with Crippen LogP contribution in [0.1, 0.15) is 36.0 Å². The molecule has 0 saturated heterocycles. The normalized spacial score (nSPS) is 10.4. The van der Waals surface area contributed by atoms with Crippen molar-refractivity contribution in [1.82, 2.24) is 5.32 Å². The van der Waals surface area contributed by atoms with Crippen LogP contribution in [0.3, 0.4) is 0 Å². The molecule has 0 fully saturated rings. The fourth-order valence-electron chi connectivity index (χ4n) is 1.51. The van der Waals surface area contributed by atoms with E-state index in [1.54, 1.807) is 6.07 Å². The fourth-order valence-corrected chi connectivity index (χ4v) is 1.95. The summed E-state index contributed by atoms with van der Waals surface area (Å²) in [5.41, 5.74) is 0.344. The van der Waals surface area contributed by atoms with Gasteiger partial charge in [0.25, 0.3) is 5.91 Å². The molecule has 1 aromatic rings. The van der Waals surface area contributed by atoms with Gasteiger partial charge in [0.15, 0.2) is 0 Å². The fraction of sp³-hybridized carbons (Fsp3) is 0.462. The lowest BCUT2D eigenvalue weighted by Gasteiger charge is -2.05. The number of hydrogen-bond acceptors (Lipinski definition) is 1. The molecule has 1 aromatic carbocycles. The monoisotopic (exact) mass is 335 g/mol. The van der Waals surface area contributed by atoms with E-state index in [2.05, 4.69) is 21.2 Å². The van der Waals surface area contributed by atoms with Gasteiger partial charge in [0.05, 0.1) is 4.47 Å². The minimum absolute atomic E-state index is 0.237. The first-order valence-electron chi connectivity index (χ1n) is 5.94. The third-order valence-corrected chi connectivity index (χ3v) is 3.44. The van der Waals surface area contributed by atoms with Gasteiger partial charge >= 0.3 is 0 Å². The number of hydrogen-bond donors (Lipinski definition) is 1. The minimum atomic E-state index is -0.426. The molecule has 0 radical (unpaired) electrons. The third-order valence-electron chi connectivity index (χ3n) is 2.53. The topological polar surface area (TPSA) is 29.1 Å². The van der Waals surface area contributed by atoms with Crippen molar-refractivity contribution in [3.8, 4) is 0 Å². The van der Waals surface area contributed by atoms with E-state index in [9.17, 15) is 9.18 Å². The summed E-state index contributed by atoms with van der Waals surface area (Å²) in [6.45, 7) is 0.610. The molecule has 5 heteroatoms. The van der Waals surface area contributed by atoms with E-state index < -0.39 is 5.82 Å². The van der Waals surface area contributed by atoms with Crippen molar-refractivity contribution in [3.63, 3.8) is 0 Å². The molecule has 0 aromatic heterocycles. The van der Waals surface area contributed by atoms with Crippen LogP contribution in [0.25, 0.3) is 0 Å². The Morgan fingerprint density at radius 1 is 1.28 bits per heavy atom. The number of amides is 1. The zero-order valence-corrected chi connectivity index (χ0v) is 12.4. The predicted octanol–water partition coefficient (Wildman–Crippen LogP) is 4.12. The van der Waals surface area contributed by atoms with Crippen molar-refractivity contribution in [3.05, 3.63) is 34.1 Å². The number of unbranched alkanes of at least 4 members (excludes halogenated alkanes) is 3. The molecule has 0 heterocycles. The Hall–Kier alpha value is -0.610. The smallest absolute Gasteiger partial charge is 0.251 e. The molecule has 18 heavy (non-hydrogen) atoms. The molecular formula is C13H16BrClFNO. The zero-order chi connectivity index (χ0) is 13.4. The highest BCUT2D eigenvalue weighted by Gasteiger charge is 2.07. The highest BCUT2D eigenvalue weighted by Crippen LogP contribution is 2.16. The molecule has 0 spiro atoms. The summed E-state index contributed by atoms with van der Waals surface area (Å²) in [5.74, 6) is 0.0216. The van der Waals surface area contributed by atoms with Crippen molar-refractivity contribution in [2.45, 2.75) is 25.7 Å². The van der Waals surface area contributed by atoms with Crippen LogP contribution in [0.15, 0.2) is 22.7 Å². The summed E-state index contributed by atoms with van der Waals surface area (Å²) in [6.07, 6.45) is 4.04. The molecule has 0 saturated carbocycles. The van der Waals surface area contributed by atoms with Gasteiger partial charge in [-0.05, 0) is 47.0 Å². The number of nitrogens with one attached hydrogen (secondary N) is 1. The molecule has 1 N–H and O–H groups in total. The van der Waals surface area contributed by atoms with Crippen molar-refractivity contribution >= 4 is 33.4 Å². The second-order valence-electron chi connectivity index (χ2n) is 3.99. The van der Waals surface area contributed by atoms with Crippen molar-refractivity contribution < 1.29 is 9.18 Å². The quantitative estimate of drug-likeness (QED) is 0.589. The Morgan fingerprint density at radius 2 is 2.00 bits per heavy atom. The molecule has 1 rings (SSSR count). The summed E-state index contributed by atoms with van der Waals surface area (Å²) in [7, 11) is 0. The van der Waals surface area contributed by atoms with Gasteiger partial charge in [0.1, 0.15) is 5.82 Å². The van der Waals surface area contributed by atoms with Crippen molar-refractivity contribution in [1.29, 1.82) is 0 Å². The van der Waals surface area contributed by atoms with Crippen LogP contribution in [-0.2, 0) is 0 Å². The second kappa shape index (κ2) is 8.48. The first-order chi connectivity index (χ1) is 8.65. The van der Waals surface area contributed by atoms with Gasteiger partial charge in [-0.2, -0.15) is 0 Å². The van der Waals surface area contributed by atoms with E-state index in [-0.39, 0.29) is 5.91 Å². The number of halogens is 3. The predicted molar refractivity (Wildman–Crippen MR) is 75.6 cm³/mol. The van der Waals surface area contributed by atoms with E-state index in [1.165, 1.54) is 12.1 Å². The molecule has 0 unspecified atom stereocenters. The number of rotatable bonds is 7. The summed E-state index contributed by atoms with van der Waals surface area (Å²) in [4.78, 5) is 11.7. The lowest BCUT2D eigenvalue weighted by Crippen LogP contribution is -2.24. The highest BCUT2D eigenvalue weighted by molar-refractivity contribution is 9.10. The van der Waals surface area contributed by atoms with Gasteiger partial charge in [-0.15, -0.1) is 11.6 Å². The Bertz CT molecular complexity index is 401. The minimum Gasteiger partial charge on any atom is -0.352 e. The van der Waals surface area contributed by atoms with Crippen molar-refractivity contribution in [2.75, 3.05) is 12.4 Å². The molecule has 0 aliphatic heterocycles. The molecule has 1 amide bonds. The summed E-state index contributed by atoms with van der Waals surface area (Å²) in [5, 5.41) is 2.77. The van der Waals surface area contributed by atoms with Gasteiger partial charge in [0, 0.05) is 18.0 Å². The number of benzene rings is 1. The molecule has 100 valence electrons. The number of carbonyl (C=O) groups excluding carboxylic acids is 1. The van der Waals surface area contributed by atoms with Gasteiger partial charge in [-0.3, -0.25) is 4.79 Å². The summed E-state index contributed by atoms with van der Waals surface area (Å²) < 4.78 is 13.6. The first-order valence-corrected chi connectivity index (χ1v) is 7.27. The Kier molecular flexibility index (Phi) is 7.28. The van der Waals surface area contributed by atoms with Crippen LogP contribution in [0, 0.1) is 5.82 Å². The molecular weight excluding hydrogens is 321 g/mol. The Morgan fingerprint density at radius 3 is 2.67 bits per heavy atom. The van der Waals surface area contributed by atoms with Gasteiger partial charge in [-0.1, -0.05) is 12.8 Å². The lowest BCUT2D eigenvalue weighted by molar-refractivity contribution is 0.0952. The van der Waals surface area contributed by atoms with E-state index in [0.717, 1.165) is 25.7 Å². The standard InChI is InChI=1S/C13H16BrClFNO/c14-11-6-5-10(9-12(11)16)13(18)17-8-4-2-1-3-7-15/h5-6,9H,1-4,7-8H2,(H,17,18). The molecule has 0 bridgehead atoms. The average molecular weight is 337 g/mol. The van der Waals surface area contributed by atoms with E-state index in [0.29, 0.717) is 22.5 Å². The molecule has 0 aliphatic rings. The van der Waals surface area contributed by atoms with Gasteiger partial charge < -0.3 is 5.32 Å². The van der Waals surface area contributed by atoms with Crippen LogP contribution < -0.4 is 5.32 Å². The lowest BCUT2D eigenvalue weighted by atomic mass is 10.2. The van der Waals surface area contributed by atoms with Gasteiger partial charge in [0.2, 0.25) is 0 Å².